The molecule has 0 aromatic heterocycles. The van der Waals surface area contributed by atoms with Crippen LogP contribution in [0.4, 0.5) is 0 Å². The van der Waals surface area contributed by atoms with Crippen molar-refractivity contribution in [3.63, 3.8) is 0 Å². The summed E-state index contributed by atoms with van der Waals surface area (Å²) in [6.45, 7) is 10.5. The molecule has 1 aliphatic rings. The molecule has 1 aliphatic heterocycles. The van der Waals surface area contributed by atoms with Crippen LogP contribution in [0, 0.1) is 5.92 Å². The Bertz CT molecular complexity index is 251. The molecular weight excluding hydrogens is 252 g/mol. The Morgan fingerprint density at radius 1 is 1.20 bits per heavy atom. The van der Waals surface area contributed by atoms with E-state index in [9.17, 15) is 4.79 Å². The molecule has 1 rings (SSSR count). The number of hydrogen-bond acceptors (Lipinski definition) is 4. The Kier molecular flexibility index (Phi) is 9.67. The van der Waals surface area contributed by atoms with E-state index in [-0.39, 0.29) is 5.97 Å². The Balaban J connectivity index is 1.95. The van der Waals surface area contributed by atoms with E-state index < -0.39 is 0 Å². The molecule has 0 amide bonds. The second-order valence-electron chi connectivity index (χ2n) is 5.71. The summed E-state index contributed by atoms with van der Waals surface area (Å²) in [6.07, 6.45) is 6.55. The quantitative estimate of drug-likeness (QED) is 0.494. The minimum absolute atomic E-state index is 0.0447. The minimum Gasteiger partial charge on any atom is -0.466 e. The molecule has 0 bridgehead atoms. The zero-order valence-electron chi connectivity index (χ0n) is 13.3. The van der Waals surface area contributed by atoms with E-state index in [0.717, 1.165) is 25.3 Å². The fourth-order valence-electron chi connectivity index (χ4n) is 2.78. The average molecular weight is 284 g/mol. The van der Waals surface area contributed by atoms with Gasteiger partial charge in [-0.2, -0.15) is 0 Å². The highest BCUT2D eigenvalue weighted by molar-refractivity contribution is 5.69. The maximum atomic E-state index is 11.2. The molecule has 0 spiro atoms. The Labute approximate surface area is 124 Å². The largest absolute Gasteiger partial charge is 0.466 e. The molecule has 0 aromatic carbocycles. The van der Waals surface area contributed by atoms with E-state index in [0.29, 0.717) is 13.0 Å². The smallest absolute Gasteiger partial charge is 0.305 e. The van der Waals surface area contributed by atoms with Crippen molar-refractivity contribution >= 4 is 5.97 Å². The first-order valence-electron chi connectivity index (χ1n) is 8.35. The van der Waals surface area contributed by atoms with Gasteiger partial charge in [-0.3, -0.25) is 4.79 Å². The second-order valence-corrected chi connectivity index (χ2v) is 5.71. The zero-order chi connectivity index (χ0) is 14.6. The second kappa shape index (κ2) is 11.1. The van der Waals surface area contributed by atoms with Gasteiger partial charge in [0.15, 0.2) is 0 Å². The van der Waals surface area contributed by atoms with Crippen LogP contribution < -0.4 is 5.32 Å². The van der Waals surface area contributed by atoms with Crippen molar-refractivity contribution in [2.45, 2.75) is 52.4 Å². The molecule has 0 saturated carbocycles. The highest BCUT2D eigenvalue weighted by atomic mass is 16.5. The van der Waals surface area contributed by atoms with Gasteiger partial charge in [0.25, 0.3) is 0 Å². The lowest BCUT2D eigenvalue weighted by atomic mass is 9.96. The summed E-state index contributed by atoms with van der Waals surface area (Å²) >= 11 is 0. The number of carbonyl (C=O) groups excluding carboxylic acids is 1. The van der Waals surface area contributed by atoms with Gasteiger partial charge in [-0.15, -0.1) is 0 Å². The summed E-state index contributed by atoms with van der Waals surface area (Å²) in [6, 6.07) is 0. The lowest BCUT2D eigenvalue weighted by Gasteiger charge is -2.32. The van der Waals surface area contributed by atoms with Gasteiger partial charge >= 0.3 is 5.97 Å². The fourth-order valence-corrected chi connectivity index (χ4v) is 2.78. The topological polar surface area (TPSA) is 41.6 Å². The molecule has 4 heteroatoms. The number of nitrogens with one attached hydrogen (secondary N) is 1. The lowest BCUT2D eigenvalue weighted by Crippen LogP contribution is -2.37. The van der Waals surface area contributed by atoms with Crippen LogP contribution in [-0.4, -0.2) is 50.2 Å². The monoisotopic (exact) mass is 284 g/mol. The highest BCUT2D eigenvalue weighted by Gasteiger charge is 2.18. The van der Waals surface area contributed by atoms with Crippen LogP contribution in [0.3, 0.4) is 0 Å². The van der Waals surface area contributed by atoms with Gasteiger partial charge in [0.05, 0.1) is 6.61 Å². The van der Waals surface area contributed by atoms with Crippen molar-refractivity contribution in [2.75, 3.05) is 39.3 Å². The third-order valence-electron chi connectivity index (χ3n) is 4.05. The van der Waals surface area contributed by atoms with E-state index in [1.54, 1.807) is 0 Å². The molecule has 0 radical (unpaired) electrons. The zero-order valence-corrected chi connectivity index (χ0v) is 13.3. The van der Waals surface area contributed by atoms with Crippen molar-refractivity contribution in [2.24, 2.45) is 5.92 Å². The number of rotatable bonds is 10. The Morgan fingerprint density at radius 3 is 2.60 bits per heavy atom. The van der Waals surface area contributed by atoms with E-state index in [1.165, 1.54) is 45.4 Å². The van der Waals surface area contributed by atoms with E-state index >= 15 is 0 Å². The van der Waals surface area contributed by atoms with E-state index in [4.69, 9.17) is 4.74 Å². The summed E-state index contributed by atoms with van der Waals surface area (Å²) < 4.78 is 4.93. The molecule has 118 valence electrons. The van der Waals surface area contributed by atoms with Gasteiger partial charge in [0.1, 0.15) is 0 Å². The molecule has 1 N–H and O–H groups in total. The molecule has 20 heavy (non-hydrogen) atoms. The predicted molar refractivity (Wildman–Crippen MR) is 82.8 cm³/mol. The highest BCUT2D eigenvalue weighted by Crippen LogP contribution is 2.17. The normalized spacial score (nSPS) is 17.3. The van der Waals surface area contributed by atoms with Crippen LogP contribution in [0.25, 0.3) is 0 Å². The standard InChI is InChI=1S/C16H32N2O2/c1-3-17-14-15-9-12-18(13-10-15)11-7-5-6-8-16(19)20-4-2/h15,17H,3-14H2,1-2H3. The van der Waals surface area contributed by atoms with Crippen molar-refractivity contribution in [3.05, 3.63) is 0 Å². The SMILES string of the molecule is CCNCC1CCN(CCCCCC(=O)OCC)CC1. The van der Waals surface area contributed by atoms with Crippen LogP contribution >= 0.6 is 0 Å². The van der Waals surface area contributed by atoms with Crippen LogP contribution in [-0.2, 0) is 9.53 Å². The number of nitrogens with zero attached hydrogens (tertiary/aromatic N) is 1. The number of piperidine rings is 1. The average Bonchev–Trinajstić information content (AvgIpc) is 2.46. The summed E-state index contributed by atoms with van der Waals surface area (Å²) in [5.74, 6) is 0.826. The molecule has 0 unspecified atom stereocenters. The van der Waals surface area contributed by atoms with Crippen molar-refractivity contribution in [1.82, 2.24) is 10.2 Å². The van der Waals surface area contributed by atoms with Crippen LogP contribution in [0.5, 0.6) is 0 Å². The van der Waals surface area contributed by atoms with E-state index in [2.05, 4.69) is 17.1 Å². The first-order chi connectivity index (χ1) is 9.76. The van der Waals surface area contributed by atoms with E-state index in [1.807, 2.05) is 6.92 Å². The molecule has 1 heterocycles. The molecule has 0 aromatic rings. The summed E-state index contributed by atoms with van der Waals surface area (Å²) in [7, 11) is 0. The van der Waals surface area contributed by atoms with Gasteiger partial charge in [0.2, 0.25) is 0 Å². The van der Waals surface area contributed by atoms with Crippen molar-refractivity contribution in [3.8, 4) is 0 Å². The van der Waals surface area contributed by atoms with Crippen molar-refractivity contribution in [1.29, 1.82) is 0 Å². The lowest BCUT2D eigenvalue weighted by molar-refractivity contribution is -0.143. The molecule has 1 fully saturated rings. The van der Waals surface area contributed by atoms with Crippen LogP contribution in [0.2, 0.25) is 0 Å². The summed E-state index contributed by atoms with van der Waals surface area (Å²) in [4.78, 5) is 13.8. The molecule has 0 aliphatic carbocycles. The Hall–Kier alpha value is -0.610. The van der Waals surface area contributed by atoms with Crippen LogP contribution in [0.1, 0.15) is 52.4 Å². The molecule has 0 atom stereocenters. The fraction of sp³-hybridized carbons (Fsp3) is 0.938. The third kappa shape index (κ3) is 7.85. The maximum absolute atomic E-state index is 11.2. The third-order valence-corrected chi connectivity index (χ3v) is 4.05. The van der Waals surface area contributed by atoms with Gasteiger partial charge < -0.3 is 15.0 Å². The number of hydrogen-bond donors (Lipinski definition) is 1. The van der Waals surface area contributed by atoms with Crippen LogP contribution in [0.15, 0.2) is 0 Å². The molecule has 4 nitrogen and oxygen atoms in total. The maximum Gasteiger partial charge on any atom is 0.305 e. The first kappa shape index (κ1) is 17.4. The number of esters is 1. The Morgan fingerprint density at radius 2 is 1.95 bits per heavy atom. The van der Waals surface area contributed by atoms with Gasteiger partial charge in [0, 0.05) is 6.42 Å². The first-order valence-corrected chi connectivity index (χ1v) is 8.35. The number of ether oxygens (including phenoxy) is 1. The summed E-state index contributed by atoms with van der Waals surface area (Å²) in [5.41, 5.74) is 0. The number of likely N-dealkylation sites (tertiary alicyclic amines) is 1. The number of unbranched alkanes of at least 4 members (excludes halogenated alkanes) is 2. The van der Waals surface area contributed by atoms with Gasteiger partial charge in [-0.25, -0.2) is 0 Å². The van der Waals surface area contributed by atoms with Gasteiger partial charge in [-0.05, 0) is 71.2 Å². The van der Waals surface area contributed by atoms with Gasteiger partial charge in [-0.1, -0.05) is 13.3 Å². The summed E-state index contributed by atoms with van der Waals surface area (Å²) in [5, 5.41) is 3.45. The molecule has 1 saturated heterocycles. The van der Waals surface area contributed by atoms with Crippen molar-refractivity contribution < 1.29 is 9.53 Å². The minimum atomic E-state index is -0.0447. The predicted octanol–water partition coefficient (Wildman–Crippen LogP) is 2.43. The number of carbonyl (C=O) groups is 1. The molecular formula is C16H32N2O2.